The van der Waals surface area contributed by atoms with E-state index in [9.17, 15) is 8.42 Å². The largest absolute Gasteiger partial charge is 0.309 e. The van der Waals surface area contributed by atoms with Crippen molar-refractivity contribution in [1.82, 2.24) is 4.57 Å². The number of nitrogens with zero attached hydrogens (tertiary/aromatic N) is 1. The maximum Gasteiger partial charge on any atom is 0.294 e. The second kappa shape index (κ2) is 4.94. The molecule has 0 saturated heterocycles. The van der Waals surface area contributed by atoms with Gasteiger partial charge in [-0.3, -0.25) is 4.55 Å². The van der Waals surface area contributed by atoms with Crippen molar-refractivity contribution in [3.8, 4) is 5.69 Å². The number of hydrogen-bond donors (Lipinski definition) is 1. The molecular formula is C18H13NO3S. The first kappa shape index (κ1) is 14.0. The summed E-state index contributed by atoms with van der Waals surface area (Å²) in [6.45, 7) is 0. The maximum absolute atomic E-state index is 11.2. The van der Waals surface area contributed by atoms with Gasteiger partial charge >= 0.3 is 0 Å². The van der Waals surface area contributed by atoms with Gasteiger partial charge in [0.1, 0.15) is 0 Å². The van der Waals surface area contributed by atoms with Crippen LogP contribution in [0.15, 0.2) is 77.7 Å². The van der Waals surface area contributed by atoms with Crippen LogP contribution in [0.2, 0.25) is 0 Å². The van der Waals surface area contributed by atoms with Crippen molar-refractivity contribution >= 4 is 31.9 Å². The average Bonchev–Trinajstić information content (AvgIpc) is 2.89. The van der Waals surface area contributed by atoms with Crippen LogP contribution in [0.1, 0.15) is 0 Å². The summed E-state index contributed by atoms with van der Waals surface area (Å²) >= 11 is 0. The lowest BCUT2D eigenvalue weighted by atomic mass is 10.2. The molecule has 0 atom stereocenters. The summed E-state index contributed by atoms with van der Waals surface area (Å²) in [5, 5.41) is 2.28. The highest BCUT2D eigenvalue weighted by molar-refractivity contribution is 7.85. The molecule has 0 fully saturated rings. The summed E-state index contributed by atoms with van der Waals surface area (Å²) in [4.78, 5) is -0.109. The van der Waals surface area contributed by atoms with Gasteiger partial charge in [0.15, 0.2) is 0 Å². The van der Waals surface area contributed by atoms with Crippen LogP contribution in [-0.2, 0) is 10.1 Å². The summed E-state index contributed by atoms with van der Waals surface area (Å²) in [6.07, 6.45) is 0. The number of benzene rings is 3. The molecule has 114 valence electrons. The lowest BCUT2D eigenvalue weighted by Gasteiger charge is -2.08. The third-order valence-corrected chi connectivity index (χ3v) is 4.84. The summed E-state index contributed by atoms with van der Waals surface area (Å²) < 4.78 is 33.6. The second-order valence-corrected chi connectivity index (χ2v) is 6.76. The molecule has 1 N–H and O–H groups in total. The van der Waals surface area contributed by atoms with Crippen LogP contribution < -0.4 is 0 Å². The standard InChI is InChI=1S/C18H13NO3S/c20-23(21,22)14-11-9-13(10-12-14)19-17-7-3-1-5-15(17)16-6-2-4-8-18(16)19/h1-12H,(H,20,21,22). The molecule has 0 spiro atoms. The molecule has 5 heteroatoms. The Kier molecular flexibility index (Phi) is 3.01. The van der Waals surface area contributed by atoms with E-state index in [1.54, 1.807) is 12.1 Å². The minimum absolute atomic E-state index is 0.109. The summed E-state index contributed by atoms with van der Waals surface area (Å²) in [6, 6.07) is 22.4. The molecular weight excluding hydrogens is 310 g/mol. The maximum atomic E-state index is 11.2. The minimum Gasteiger partial charge on any atom is -0.309 e. The molecule has 0 amide bonds. The van der Waals surface area contributed by atoms with Gasteiger partial charge in [-0.05, 0) is 36.4 Å². The second-order valence-electron chi connectivity index (χ2n) is 5.34. The quantitative estimate of drug-likeness (QED) is 0.567. The molecule has 3 aromatic carbocycles. The normalized spacial score (nSPS) is 12.0. The smallest absolute Gasteiger partial charge is 0.294 e. The highest BCUT2D eigenvalue weighted by Gasteiger charge is 2.13. The van der Waals surface area contributed by atoms with E-state index >= 15 is 0 Å². The van der Waals surface area contributed by atoms with Crippen molar-refractivity contribution in [2.24, 2.45) is 0 Å². The molecule has 4 aromatic rings. The highest BCUT2D eigenvalue weighted by Crippen LogP contribution is 2.31. The lowest BCUT2D eigenvalue weighted by molar-refractivity contribution is 0.483. The molecule has 4 rings (SSSR count). The lowest BCUT2D eigenvalue weighted by Crippen LogP contribution is -1.99. The van der Waals surface area contributed by atoms with E-state index in [1.165, 1.54) is 12.1 Å². The molecule has 0 aliphatic heterocycles. The Hall–Kier alpha value is -2.63. The van der Waals surface area contributed by atoms with Crippen LogP contribution in [0.25, 0.3) is 27.5 Å². The average molecular weight is 323 g/mol. The van der Waals surface area contributed by atoms with Crippen LogP contribution in [-0.4, -0.2) is 17.5 Å². The zero-order chi connectivity index (χ0) is 16.0. The van der Waals surface area contributed by atoms with E-state index in [1.807, 2.05) is 36.4 Å². The molecule has 0 bridgehead atoms. The van der Waals surface area contributed by atoms with E-state index in [0.29, 0.717) is 0 Å². The fraction of sp³-hybridized carbons (Fsp3) is 0. The molecule has 1 aromatic heterocycles. The van der Waals surface area contributed by atoms with Crippen molar-refractivity contribution in [2.75, 3.05) is 0 Å². The Morgan fingerprint density at radius 3 is 1.65 bits per heavy atom. The molecule has 4 nitrogen and oxygen atoms in total. The van der Waals surface area contributed by atoms with Gasteiger partial charge in [0, 0.05) is 16.5 Å². The van der Waals surface area contributed by atoms with Gasteiger partial charge in [0.2, 0.25) is 0 Å². The van der Waals surface area contributed by atoms with E-state index in [-0.39, 0.29) is 4.90 Å². The van der Waals surface area contributed by atoms with Gasteiger partial charge < -0.3 is 4.57 Å². The van der Waals surface area contributed by atoms with Gasteiger partial charge in [0.05, 0.1) is 15.9 Å². The molecule has 23 heavy (non-hydrogen) atoms. The fourth-order valence-electron chi connectivity index (χ4n) is 2.97. The van der Waals surface area contributed by atoms with Crippen molar-refractivity contribution < 1.29 is 13.0 Å². The van der Waals surface area contributed by atoms with E-state index < -0.39 is 10.1 Å². The third-order valence-electron chi connectivity index (χ3n) is 3.97. The van der Waals surface area contributed by atoms with Gasteiger partial charge in [-0.1, -0.05) is 36.4 Å². The van der Waals surface area contributed by atoms with Crippen molar-refractivity contribution in [1.29, 1.82) is 0 Å². The number of fused-ring (bicyclic) bond motifs is 3. The number of para-hydroxylation sites is 2. The monoisotopic (exact) mass is 323 g/mol. The van der Waals surface area contributed by atoms with Crippen molar-refractivity contribution in [3.63, 3.8) is 0 Å². The molecule has 0 saturated carbocycles. The Morgan fingerprint density at radius 1 is 0.696 bits per heavy atom. The third kappa shape index (κ3) is 2.21. The number of rotatable bonds is 2. The van der Waals surface area contributed by atoms with Gasteiger partial charge in [-0.2, -0.15) is 8.42 Å². The molecule has 0 radical (unpaired) electrons. The Bertz CT molecular complexity index is 1070. The van der Waals surface area contributed by atoms with E-state index in [4.69, 9.17) is 4.55 Å². The van der Waals surface area contributed by atoms with Crippen LogP contribution in [0.3, 0.4) is 0 Å². The summed E-state index contributed by atoms with van der Waals surface area (Å²) in [5.41, 5.74) is 2.94. The zero-order valence-electron chi connectivity index (χ0n) is 12.0. The van der Waals surface area contributed by atoms with Gasteiger partial charge in [-0.25, -0.2) is 0 Å². The van der Waals surface area contributed by atoms with Gasteiger partial charge in [0.25, 0.3) is 10.1 Å². The predicted octanol–water partition coefficient (Wildman–Crippen LogP) is 4.03. The predicted molar refractivity (Wildman–Crippen MR) is 90.6 cm³/mol. The summed E-state index contributed by atoms with van der Waals surface area (Å²) in [7, 11) is -4.18. The zero-order valence-corrected chi connectivity index (χ0v) is 12.9. The van der Waals surface area contributed by atoms with Crippen molar-refractivity contribution in [3.05, 3.63) is 72.8 Å². The molecule has 0 aliphatic carbocycles. The highest BCUT2D eigenvalue weighted by atomic mass is 32.2. The Morgan fingerprint density at radius 2 is 1.17 bits per heavy atom. The van der Waals surface area contributed by atoms with Crippen molar-refractivity contribution in [2.45, 2.75) is 4.90 Å². The van der Waals surface area contributed by atoms with Crippen LogP contribution in [0.4, 0.5) is 0 Å². The van der Waals surface area contributed by atoms with Crippen LogP contribution >= 0.6 is 0 Å². The molecule has 0 aliphatic rings. The molecule has 1 heterocycles. The first-order valence-corrected chi connectivity index (χ1v) is 8.56. The first-order chi connectivity index (χ1) is 11.1. The Labute approximate surface area is 133 Å². The number of aromatic nitrogens is 1. The van der Waals surface area contributed by atoms with E-state index in [0.717, 1.165) is 27.5 Å². The fourth-order valence-corrected chi connectivity index (χ4v) is 3.45. The Balaban J connectivity index is 2.04. The van der Waals surface area contributed by atoms with Gasteiger partial charge in [-0.15, -0.1) is 0 Å². The number of hydrogen-bond acceptors (Lipinski definition) is 2. The first-order valence-electron chi connectivity index (χ1n) is 7.12. The van der Waals surface area contributed by atoms with Crippen LogP contribution in [0.5, 0.6) is 0 Å². The topological polar surface area (TPSA) is 59.3 Å². The summed E-state index contributed by atoms with van der Waals surface area (Å²) in [5.74, 6) is 0. The minimum atomic E-state index is -4.18. The van der Waals surface area contributed by atoms with E-state index in [2.05, 4.69) is 16.7 Å². The SMILES string of the molecule is O=S(=O)(O)c1ccc(-n2c3ccccc3c3ccccc32)cc1. The van der Waals surface area contributed by atoms with Crippen LogP contribution in [0, 0.1) is 0 Å². The molecule has 0 unspecified atom stereocenters.